The number of nitrogens with zero attached hydrogens (tertiary/aromatic N) is 1. The van der Waals surface area contributed by atoms with Gasteiger partial charge >= 0.3 is 0 Å². The number of rotatable bonds is 5. The highest BCUT2D eigenvalue weighted by molar-refractivity contribution is 5.98. The van der Waals surface area contributed by atoms with E-state index in [4.69, 9.17) is 4.74 Å². The largest absolute Gasteiger partial charge is 0.497 e. The number of ether oxygens (including phenoxy) is 1. The lowest BCUT2D eigenvalue weighted by molar-refractivity contribution is -0.118. The van der Waals surface area contributed by atoms with E-state index in [2.05, 4.69) is 5.32 Å². The Kier molecular flexibility index (Phi) is 4.82. The number of amides is 1. The second kappa shape index (κ2) is 6.79. The van der Waals surface area contributed by atoms with Crippen LogP contribution in [-0.2, 0) is 4.79 Å². The summed E-state index contributed by atoms with van der Waals surface area (Å²) >= 11 is 0. The molecule has 0 saturated heterocycles. The van der Waals surface area contributed by atoms with Crippen molar-refractivity contribution in [3.05, 3.63) is 54.6 Å². The van der Waals surface area contributed by atoms with Crippen molar-refractivity contribution in [2.75, 3.05) is 24.4 Å². The zero-order valence-corrected chi connectivity index (χ0v) is 12.5. The van der Waals surface area contributed by atoms with Gasteiger partial charge in [-0.1, -0.05) is 18.2 Å². The molecule has 0 radical (unpaired) electrons. The maximum atomic E-state index is 12.4. The predicted octanol–water partition coefficient (Wildman–Crippen LogP) is 3.16. The lowest BCUT2D eigenvalue weighted by atomic mass is 10.2. The van der Waals surface area contributed by atoms with Crippen molar-refractivity contribution >= 4 is 17.3 Å². The van der Waals surface area contributed by atoms with E-state index >= 15 is 0 Å². The lowest BCUT2D eigenvalue weighted by Gasteiger charge is -2.23. The number of benzene rings is 2. The van der Waals surface area contributed by atoms with Crippen LogP contribution < -0.4 is 15.0 Å². The summed E-state index contributed by atoms with van der Waals surface area (Å²) in [6.45, 7) is 1.85. The number of carbonyl (C=O) groups excluding carboxylic acids is 1. The Labute approximate surface area is 125 Å². The fourth-order valence-electron chi connectivity index (χ4n) is 2.07. The molecule has 0 aliphatic carbocycles. The molecule has 0 fully saturated rings. The third-order valence-electron chi connectivity index (χ3n) is 3.32. The van der Waals surface area contributed by atoms with Gasteiger partial charge in [0.2, 0.25) is 5.91 Å². The van der Waals surface area contributed by atoms with Crippen LogP contribution in [0.25, 0.3) is 0 Å². The molecule has 0 aromatic heterocycles. The normalized spacial score (nSPS) is 11.6. The molecule has 0 bridgehead atoms. The molecule has 1 N–H and O–H groups in total. The van der Waals surface area contributed by atoms with E-state index in [0.717, 1.165) is 17.1 Å². The third kappa shape index (κ3) is 3.75. The minimum Gasteiger partial charge on any atom is -0.497 e. The summed E-state index contributed by atoms with van der Waals surface area (Å²) in [4.78, 5) is 14.1. The van der Waals surface area contributed by atoms with Crippen molar-refractivity contribution in [3.8, 4) is 5.75 Å². The topological polar surface area (TPSA) is 41.6 Å². The number of likely N-dealkylation sites (N-methyl/N-ethyl adjacent to an activating group) is 1. The molecule has 0 aliphatic rings. The summed E-state index contributed by atoms with van der Waals surface area (Å²) < 4.78 is 5.11. The molecule has 4 heteroatoms. The van der Waals surface area contributed by atoms with Gasteiger partial charge in [0.25, 0.3) is 0 Å². The second-order valence-corrected chi connectivity index (χ2v) is 4.83. The Morgan fingerprint density at radius 2 is 1.71 bits per heavy atom. The molecular weight excluding hydrogens is 264 g/mol. The van der Waals surface area contributed by atoms with Gasteiger partial charge in [0, 0.05) is 18.4 Å². The number of methoxy groups -OCH3 is 1. The van der Waals surface area contributed by atoms with Crippen LogP contribution in [0.1, 0.15) is 6.92 Å². The van der Waals surface area contributed by atoms with E-state index in [1.807, 2.05) is 61.5 Å². The molecular formula is C17H20N2O2. The molecule has 2 aromatic carbocycles. The zero-order chi connectivity index (χ0) is 15.2. The molecule has 1 amide bonds. The van der Waals surface area contributed by atoms with E-state index < -0.39 is 0 Å². The van der Waals surface area contributed by atoms with Crippen LogP contribution in [0.5, 0.6) is 5.75 Å². The van der Waals surface area contributed by atoms with Gasteiger partial charge in [0.1, 0.15) is 11.8 Å². The number of para-hydroxylation sites is 1. The maximum Gasteiger partial charge on any atom is 0.248 e. The maximum absolute atomic E-state index is 12.4. The Morgan fingerprint density at radius 3 is 2.29 bits per heavy atom. The van der Waals surface area contributed by atoms with Crippen LogP contribution in [0.2, 0.25) is 0 Å². The third-order valence-corrected chi connectivity index (χ3v) is 3.32. The van der Waals surface area contributed by atoms with Gasteiger partial charge < -0.3 is 15.0 Å². The SMILES string of the molecule is COc1ccc(N[C@@H](C)C(=O)N(C)c2ccccc2)cc1. The highest BCUT2D eigenvalue weighted by Crippen LogP contribution is 2.17. The van der Waals surface area contributed by atoms with E-state index in [-0.39, 0.29) is 11.9 Å². The van der Waals surface area contributed by atoms with Crippen LogP contribution in [0, 0.1) is 0 Å². The van der Waals surface area contributed by atoms with Crippen LogP contribution in [0.15, 0.2) is 54.6 Å². The zero-order valence-electron chi connectivity index (χ0n) is 12.5. The molecule has 0 spiro atoms. The van der Waals surface area contributed by atoms with Gasteiger partial charge in [-0.25, -0.2) is 0 Å². The Balaban J connectivity index is 2.01. The number of hydrogen-bond donors (Lipinski definition) is 1. The summed E-state index contributed by atoms with van der Waals surface area (Å²) in [5.41, 5.74) is 1.77. The number of carbonyl (C=O) groups is 1. The summed E-state index contributed by atoms with van der Waals surface area (Å²) in [6.07, 6.45) is 0. The number of nitrogens with one attached hydrogen (secondary N) is 1. The van der Waals surface area contributed by atoms with E-state index in [1.165, 1.54) is 0 Å². The number of hydrogen-bond acceptors (Lipinski definition) is 3. The first kappa shape index (κ1) is 14.9. The summed E-state index contributed by atoms with van der Waals surface area (Å²) in [5, 5.41) is 3.20. The minimum atomic E-state index is -0.316. The molecule has 110 valence electrons. The second-order valence-electron chi connectivity index (χ2n) is 4.83. The fourth-order valence-corrected chi connectivity index (χ4v) is 2.07. The molecule has 1 atom stereocenters. The van der Waals surface area contributed by atoms with Gasteiger partial charge in [0.05, 0.1) is 7.11 Å². The summed E-state index contributed by atoms with van der Waals surface area (Å²) in [5.74, 6) is 0.804. The Morgan fingerprint density at radius 1 is 1.10 bits per heavy atom. The summed E-state index contributed by atoms with van der Waals surface area (Å²) in [7, 11) is 3.41. The predicted molar refractivity (Wildman–Crippen MR) is 85.9 cm³/mol. The van der Waals surface area contributed by atoms with Gasteiger partial charge in [0.15, 0.2) is 0 Å². The monoisotopic (exact) mass is 284 g/mol. The van der Waals surface area contributed by atoms with Crippen LogP contribution >= 0.6 is 0 Å². The first-order chi connectivity index (χ1) is 10.1. The molecule has 0 unspecified atom stereocenters. The minimum absolute atomic E-state index is 0.0111. The molecule has 0 aliphatic heterocycles. The Bertz CT molecular complexity index is 581. The first-order valence-corrected chi connectivity index (χ1v) is 6.85. The van der Waals surface area contributed by atoms with E-state index in [0.29, 0.717) is 0 Å². The van der Waals surface area contributed by atoms with Crippen molar-refractivity contribution in [2.24, 2.45) is 0 Å². The molecule has 0 saturated carbocycles. The van der Waals surface area contributed by atoms with Gasteiger partial charge in [-0.15, -0.1) is 0 Å². The number of anilines is 2. The van der Waals surface area contributed by atoms with Crippen LogP contribution in [-0.4, -0.2) is 26.1 Å². The quantitative estimate of drug-likeness (QED) is 0.917. The smallest absolute Gasteiger partial charge is 0.248 e. The first-order valence-electron chi connectivity index (χ1n) is 6.85. The van der Waals surface area contributed by atoms with E-state index in [1.54, 1.807) is 19.1 Å². The van der Waals surface area contributed by atoms with E-state index in [9.17, 15) is 4.79 Å². The van der Waals surface area contributed by atoms with Crippen molar-refractivity contribution in [3.63, 3.8) is 0 Å². The molecule has 4 nitrogen and oxygen atoms in total. The highest BCUT2D eigenvalue weighted by Gasteiger charge is 2.18. The molecule has 0 heterocycles. The van der Waals surface area contributed by atoms with Gasteiger partial charge in [-0.2, -0.15) is 0 Å². The average molecular weight is 284 g/mol. The highest BCUT2D eigenvalue weighted by atomic mass is 16.5. The van der Waals surface area contributed by atoms with Crippen LogP contribution in [0.3, 0.4) is 0 Å². The molecule has 21 heavy (non-hydrogen) atoms. The van der Waals surface area contributed by atoms with Crippen molar-refractivity contribution in [1.82, 2.24) is 0 Å². The average Bonchev–Trinajstić information content (AvgIpc) is 2.55. The van der Waals surface area contributed by atoms with Crippen molar-refractivity contribution in [2.45, 2.75) is 13.0 Å². The molecule has 2 rings (SSSR count). The van der Waals surface area contributed by atoms with Crippen molar-refractivity contribution in [1.29, 1.82) is 0 Å². The van der Waals surface area contributed by atoms with Gasteiger partial charge in [-0.3, -0.25) is 4.79 Å². The standard InChI is InChI=1S/C17H20N2O2/c1-13(18-14-9-11-16(21-3)12-10-14)17(20)19(2)15-7-5-4-6-8-15/h4-13,18H,1-3H3/t13-/m0/s1. The Hall–Kier alpha value is -2.49. The van der Waals surface area contributed by atoms with Crippen LogP contribution in [0.4, 0.5) is 11.4 Å². The van der Waals surface area contributed by atoms with Gasteiger partial charge in [-0.05, 0) is 43.3 Å². The molecule has 2 aromatic rings. The van der Waals surface area contributed by atoms with Crippen molar-refractivity contribution < 1.29 is 9.53 Å². The fraction of sp³-hybridized carbons (Fsp3) is 0.235. The summed E-state index contributed by atoms with van der Waals surface area (Å²) in [6, 6.07) is 16.8. The lowest BCUT2D eigenvalue weighted by Crippen LogP contribution is -2.39.